The molecule has 6 nitrogen and oxygen atoms in total. The fraction of sp³-hybridized carbons (Fsp3) is 0.786. The summed E-state index contributed by atoms with van der Waals surface area (Å²) in [5, 5.41) is 4.24. The Morgan fingerprint density at radius 1 is 1.29 bits per heavy atom. The molecule has 1 aliphatic rings. The molecule has 0 aliphatic heterocycles. The lowest BCUT2D eigenvalue weighted by Gasteiger charge is -2.34. The largest absolute Gasteiger partial charge is 0.328 e. The molecule has 0 unspecified atom stereocenters. The molecular formula is C14H26N4O2S. The van der Waals surface area contributed by atoms with Gasteiger partial charge in [0.15, 0.2) is 0 Å². The molecule has 0 amide bonds. The number of nitrogens with two attached hydrogens (primary N) is 1. The summed E-state index contributed by atoms with van der Waals surface area (Å²) in [4.78, 5) is 0.363. The van der Waals surface area contributed by atoms with Gasteiger partial charge in [-0.2, -0.15) is 9.40 Å². The van der Waals surface area contributed by atoms with E-state index in [2.05, 4.69) is 5.10 Å². The van der Waals surface area contributed by atoms with Gasteiger partial charge in [0.2, 0.25) is 10.0 Å². The fourth-order valence-corrected chi connectivity index (χ4v) is 5.36. The van der Waals surface area contributed by atoms with Crippen LogP contribution in [-0.4, -0.2) is 41.1 Å². The molecule has 1 aromatic heterocycles. The first-order valence-electron chi connectivity index (χ1n) is 7.56. The van der Waals surface area contributed by atoms with E-state index in [1.165, 1.54) is 0 Å². The Kier molecular flexibility index (Phi) is 4.75. The topological polar surface area (TPSA) is 81.2 Å². The van der Waals surface area contributed by atoms with E-state index in [1.54, 1.807) is 29.9 Å². The molecule has 1 heterocycles. The van der Waals surface area contributed by atoms with Gasteiger partial charge < -0.3 is 5.73 Å². The maximum atomic E-state index is 13.0. The van der Waals surface area contributed by atoms with Crippen molar-refractivity contribution in [2.24, 2.45) is 12.8 Å². The SMILES string of the molecule is CCN(C1CCC(N)CC1)S(=O)(=O)c1c(C)nn(C)c1C. The van der Waals surface area contributed by atoms with E-state index in [1.807, 2.05) is 6.92 Å². The Hall–Kier alpha value is -0.920. The summed E-state index contributed by atoms with van der Waals surface area (Å²) < 4.78 is 29.3. The summed E-state index contributed by atoms with van der Waals surface area (Å²) in [6.45, 7) is 5.94. The van der Waals surface area contributed by atoms with Gasteiger partial charge in [0.1, 0.15) is 4.90 Å². The first kappa shape index (κ1) is 16.5. The predicted molar refractivity (Wildman–Crippen MR) is 82.5 cm³/mol. The number of aromatic nitrogens is 2. The van der Waals surface area contributed by atoms with E-state index in [4.69, 9.17) is 5.73 Å². The lowest BCUT2D eigenvalue weighted by atomic mass is 9.92. The van der Waals surface area contributed by atoms with Crippen LogP contribution in [0.25, 0.3) is 0 Å². The number of aryl methyl sites for hydroxylation is 2. The van der Waals surface area contributed by atoms with E-state index in [0.717, 1.165) is 25.7 Å². The molecule has 2 rings (SSSR count). The molecule has 120 valence electrons. The minimum atomic E-state index is -3.50. The highest BCUT2D eigenvalue weighted by Gasteiger charge is 2.35. The monoisotopic (exact) mass is 314 g/mol. The molecule has 0 saturated heterocycles. The number of sulfonamides is 1. The Morgan fingerprint density at radius 2 is 1.86 bits per heavy atom. The quantitative estimate of drug-likeness (QED) is 0.908. The summed E-state index contributed by atoms with van der Waals surface area (Å²) in [7, 11) is -1.72. The molecule has 0 bridgehead atoms. The van der Waals surface area contributed by atoms with Crippen LogP contribution in [0.3, 0.4) is 0 Å². The third kappa shape index (κ3) is 3.00. The molecule has 0 atom stereocenters. The molecular weight excluding hydrogens is 288 g/mol. The summed E-state index contributed by atoms with van der Waals surface area (Å²) >= 11 is 0. The third-order valence-corrected chi connectivity index (χ3v) is 6.75. The zero-order valence-corrected chi connectivity index (χ0v) is 14.2. The van der Waals surface area contributed by atoms with Gasteiger partial charge in [-0.25, -0.2) is 8.42 Å². The van der Waals surface area contributed by atoms with Gasteiger partial charge in [0, 0.05) is 25.7 Å². The fourth-order valence-electron chi connectivity index (χ4n) is 3.26. The lowest BCUT2D eigenvalue weighted by Crippen LogP contribution is -2.44. The van der Waals surface area contributed by atoms with Gasteiger partial charge in [-0.05, 0) is 39.5 Å². The maximum absolute atomic E-state index is 13.0. The van der Waals surface area contributed by atoms with Crippen molar-refractivity contribution in [3.05, 3.63) is 11.4 Å². The second-order valence-corrected chi connectivity index (χ2v) is 7.73. The van der Waals surface area contributed by atoms with Crippen molar-refractivity contribution in [3.63, 3.8) is 0 Å². The van der Waals surface area contributed by atoms with E-state index >= 15 is 0 Å². The Morgan fingerprint density at radius 3 is 2.29 bits per heavy atom. The predicted octanol–water partition coefficient (Wildman–Crippen LogP) is 1.32. The van der Waals surface area contributed by atoms with Gasteiger partial charge in [-0.1, -0.05) is 6.92 Å². The number of hydrogen-bond acceptors (Lipinski definition) is 4. The average Bonchev–Trinajstić information content (AvgIpc) is 2.66. The van der Waals surface area contributed by atoms with Gasteiger partial charge in [0.05, 0.1) is 11.4 Å². The van der Waals surface area contributed by atoms with Crippen LogP contribution in [-0.2, 0) is 17.1 Å². The average molecular weight is 314 g/mol. The van der Waals surface area contributed by atoms with Gasteiger partial charge >= 0.3 is 0 Å². The van der Waals surface area contributed by atoms with Crippen LogP contribution in [0.4, 0.5) is 0 Å². The van der Waals surface area contributed by atoms with Crippen LogP contribution in [0.1, 0.15) is 44.0 Å². The van der Waals surface area contributed by atoms with Crippen LogP contribution in [0.5, 0.6) is 0 Å². The molecule has 1 aliphatic carbocycles. The first-order chi connectivity index (χ1) is 9.78. The van der Waals surface area contributed by atoms with Crippen molar-refractivity contribution >= 4 is 10.0 Å². The van der Waals surface area contributed by atoms with Crippen molar-refractivity contribution in [1.82, 2.24) is 14.1 Å². The normalized spacial score (nSPS) is 23.7. The molecule has 0 spiro atoms. The molecule has 7 heteroatoms. The molecule has 1 saturated carbocycles. The molecule has 0 aromatic carbocycles. The van der Waals surface area contributed by atoms with Crippen molar-refractivity contribution in [2.75, 3.05) is 6.54 Å². The molecule has 21 heavy (non-hydrogen) atoms. The Bertz CT molecular complexity index is 601. The highest BCUT2D eigenvalue weighted by Crippen LogP contribution is 2.29. The zero-order valence-electron chi connectivity index (χ0n) is 13.3. The van der Waals surface area contributed by atoms with E-state index < -0.39 is 10.0 Å². The number of hydrogen-bond donors (Lipinski definition) is 1. The molecule has 0 radical (unpaired) electrons. The zero-order chi connectivity index (χ0) is 15.8. The van der Waals surface area contributed by atoms with Crippen LogP contribution in [0, 0.1) is 13.8 Å². The van der Waals surface area contributed by atoms with Crippen molar-refractivity contribution < 1.29 is 8.42 Å². The highest BCUT2D eigenvalue weighted by molar-refractivity contribution is 7.89. The summed E-state index contributed by atoms with van der Waals surface area (Å²) in [5.74, 6) is 0. The summed E-state index contributed by atoms with van der Waals surface area (Å²) in [6, 6.07) is 0.267. The first-order valence-corrected chi connectivity index (χ1v) is 9.00. The molecule has 1 aromatic rings. The van der Waals surface area contributed by atoms with Crippen LogP contribution in [0.15, 0.2) is 4.90 Å². The van der Waals surface area contributed by atoms with E-state index in [-0.39, 0.29) is 12.1 Å². The lowest BCUT2D eigenvalue weighted by molar-refractivity contribution is 0.247. The standard InChI is InChI=1S/C14H26N4O2S/c1-5-18(13-8-6-12(15)7-9-13)21(19,20)14-10(2)16-17(4)11(14)3/h12-13H,5-9,15H2,1-4H3. The van der Waals surface area contributed by atoms with Crippen molar-refractivity contribution in [1.29, 1.82) is 0 Å². The van der Waals surface area contributed by atoms with Crippen LogP contribution in [0.2, 0.25) is 0 Å². The van der Waals surface area contributed by atoms with E-state index in [9.17, 15) is 8.42 Å². The Labute approximate surface area is 127 Å². The van der Waals surface area contributed by atoms with Crippen molar-refractivity contribution in [2.45, 2.75) is 63.4 Å². The minimum absolute atomic E-state index is 0.0545. The number of rotatable bonds is 4. The molecule has 2 N–H and O–H groups in total. The van der Waals surface area contributed by atoms with Crippen LogP contribution < -0.4 is 5.73 Å². The van der Waals surface area contributed by atoms with Crippen LogP contribution >= 0.6 is 0 Å². The maximum Gasteiger partial charge on any atom is 0.246 e. The molecule has 1 fully saturated rings. The minimum Gasteiger partial charge on any atom is -0.328 e. The summed E-state index contributed by atoms with van der Waals surface area (Å²) in [6.07, 6.45) is 3.46. The number of nitrogens with zero attached hydrogens (tertiary/aromatic N) is 3. The van der Waals surface area contributed by atoms with E-state index in [0.29, 0.717) is 22.8 Å². The summed E-state index contributed by atoms with van der Waals surface area (Å²) in [5.41, 5.74) is 7.19. The van der Waals surface area contributed by atoms with Gasteiger partial charge in [-0.15, -0.1) is 0 Å². The van der Waals surface area contributed by atoms with Gasteiger partial charge in [0.25, 0.3) is 0 Å². The highest BCUT2D eigenvalue weighted by atomic mass is 32.2. The second kappa shape index (κ2) is 6.06. The van der Waals surface area contributed by atoms with Gasteiger partial charge in [-0.3, -0.25) is 4.68 Å². The third-order valence-electron chi connectivity index (χ3n) is 4.47. The van der Waals surface area contributed by atoms with Crippen molar-refractivity contribution in [3.8, 4) is 0 Å². The smallest absolute Gasteiger partial charge is 0.246 e. The second-order valence-electron chi connectivity index (χ2n) is 5.90. The Balaban J connectivity index is 2.36.